The minimum Gasteiger partial charge on any atom is -0.321 e. The summed E-state index contributed by atoms with van der Waals surface area (Å²) < 4.78 is 27.0. The van der Waals surface area contributed by atoms with Crippen molar-refractivity contribution in [3.63, 3.8) is 0 Å². The molecule has 10 heteroatoms. The number of anilines is 2. The first-order chi connectivity index (χ1) is 12.4. The number of benzene rings is 1. The van der Waals surface area contributed by atoms with Crippen molar-refractivity contribution in [2.24, 2.45) is 0 Å². The van der Waals surface area contributed by atoms with Gasteiger partial charge in [0.05, 0.1) is 11.1 Å². The van der Waals surface area contributed by atoms with Crippen LogP contribution in [0.5, 0.6) is 0 Å². The van der Waals surface area contributed by atoms with E-state index in [1.54, 1.807) is 13.0 Å². The van der Waals surface area contributed by atoms with E-state index >= 15 is 0 Å². The van der Waals surface area contributed by atoms with E-state index in [2.05, 4.69) is 30.0 Å². The molecule has 2 aromatic heterocycles. The van der Waals surface area contributed by atoms with Gasteiger partial charge in [0.15, 0.2) is 0 Å². The highest BCUT2D eigenvalue weighted by atomic mass is 32.2. The molecule has 1 aromatic carbocycles. The fourth-order valence-corrected chi connectivity index (χ4v) is 2.96. The maximum Gasteiger partial charge on any atom is 0.275 e. The molecule has 0 atom stereocenters. The average Bonchev–Trinajstić information content (AvgIpc) is 2.62. The van der Waals surface area contributed by atoms with Crippen molar-refractivity contribution in [1.29, 1.82) is 0 Å². The number of aryl methyl sites for hydroxylation is 1. The van der Waals surface area contributed by atoms with E-state index in [0.717, 1.165) is 0 Å². The van der Waals surface area contributed by atoms with Gasteiger partial charge in [-0.3, -0.25) is 9.78 Å². The molecule has 2 heterocycles. The van der Waals surface area contributed by atoms with Crippen LogP contribution in [-0.4, -0.2) is 34.3 Å². The minimum absolute atomic E-state index is 0.00923. The van der Waals surface area contributed by atoms with Gasteiger partial charge in [-0.15, -0.1) is 0 Å². The molecule has 9 nitrogen and oxygen atoms in total. The molecule has 0 unspecified atom stereocenters. The van der Waals surface area contributed by atoms with Crippen LogP contribution >= 0.6 is 0 Å². The molecule has 26 heavy (non-hydrogen) atoms. The zero-order valence-corrected chi connectivity index (χ0v) is 14.4. The van der Waals surface area contributed by atoms with Crippen molar-refractivity contribution in [1.82, 2.24) is 19.9 Å². The zero-order valence-electron chi connectivity index (χ0n) is 13.6. The largest absolute Gasteiger partial charge is 0.321 e. The highest BCUT2D eigenvalue weighted by Gasteiger charge is 2.16. The highest BCUT2D eigenvalue weighted by Crippen LogP contribution is 2.17. The Labute approximate surface area is 149 Å². The van der Waals surface area contributed by atoms with E-state index < -0.39 is 15.9 Å². The number of carbonyl (C=O) groups excluding carboxylic acids is 1. The van der Waals surface area contributed by atoms with E-state index in [-0.39, 0.29) is 16.5 Å². The summed E-state index contributed by atoms with van der Waals surface area (Å²) in [7, 11) is -3.84. The van der Waals surface area contributed by atoms with E-state index in [1.807, 2.05) is 0 Å². The van der Waals surface area contributed by atoms with E-state index in [4.69, 9.17) is 0 Å². The molecule has 0 bridgehead atoms. The summed E-state index contributed by atoms with van der Waals surface area (Å²) in [5, 5.41) is 2.61. The molecule has 3 rings (SSSR count). The highest BCUT2D eigenvalue weighted by molar-refractivity contribution is 7.92. The van der Waals surface area contributed by atoms with E-state index in [9.17, 15) is 13.2 Å². The lowest BCUT2D eigenvalue weighted by atomic mass is 10.3. The number of carbonyl (C=O) groups is 1. The van der Waals surface area contributed by atoms with Crippen LogP contribution in [0.25, 0.3) is 0 Å². The molecule has 0 aliphatic heterocycles. The Morgan fingerprint density at radius 2 is 1.77 bits per heavy atom. The smallest absolute Gasteiger partial charge is 0.275 e. The number of amides is 1. The van der Waals surface area contributed by atoms with Crippen LogP contribution in [0.3, 0.4) is 0 Å². The van der Waals surface area contributed by atoms with Gasteiger partial charge in [0.2, 0.25) is 5.95 Å². The number of aromatic nitrogens is 4. The summed E-state index contributed by atoms with van der Waals surface area (Å²) in [5.41, 5.74) is 1.22. The Kier molecular flexibility index (Phi) is 4.85. The predicted molar refractivity (Wildman–Crippen MR) is 94.0 cm³/mol. The third-order valence-corrected chi connectivity index (χ3v) is 4.58. The molecule has 0 spiro atoms. The standard InChI is InChI=1S/C16H14N6O3S/c1-11-6-7-19-16(20-11)22-26(24,25)13-4-2-12(3-5-13)21-15(23)14-10-17-8-9-18-14/h2-10H,1H3,(H,21,23)(H,19,20,22). The summed E-state index contributed by atoms with van der Waals surface area (Å²) in [5.74, 6) is -0.454. The second-order valence-corrected chi connectivity index (χ2v) is 6.88. The van der Waals surface area contributed by atoms with Gasteiger partial charge >= 0.3 is 0 Å². The van der Waals surface area contributed by atoms with Crippen molar-refractivity contribution >= 4 is 27.6 Å². The molecule has 0 fully saturated rings. The van der Waals surface area contributed by atoms with Crippen molar-refractivity contribution in [2.75, 3.05) is 10.0 Å². The SMILES string of the molecule is Cc1ccnc(NS(=O)(=O)c2ccc(NC(=O)c3cnccn3)cc2)n1. The molecule has 0 radical (unpaired) electrons. The van der Waals surface area contributed by atoms with Crippen LogP contribution in [0.4, 0.5) is 11.6 Å². The van der Waals surface area contributed by atoms with Gasteiger partial charge in [-0.2, -0.15) is 0 Å². The Hall–Kier alpha value is -3.40. The summed E-state index contributed by atoms with van der Waals surface area (Å²) in [4.78, 5) is 27.6. The molecule has 1 amide bonds. The number of sulfonamides is 1. The second-order valence-electron chi connectivity index (χ2n) is 5.20. The lowest BCUT2D eigenvalue weighted by Crippen LogP contribution is -2.16. The number of hydrogen-bond donors (Lipinski definition) is 2. The molecule has 132 valence electrons. The summed E-state index contributed by atoms with van der Waals surface area (Å²) in [6.45, 7) is 1.73. The van der Waals surface area contributed by atoms with Crippen LogP contribution in [0.1, 0.15) is 16.2 Å². The summed E-state index contributed by atoms with van der Waals surface area (Å²) in [6, 6.07) is 7.33. The van der Waals surface area contributed by atoms with Crippen LogP contribution < -0.4 is 10.0 Å². The van der Waals surface area contributed by atoms with Crippen LogP contribution in [0.2, 0.25) is 0 Å². The Morgan fingerprint density at radius 1 is 1.00 bits per heavy atom. The van der Waals surface area contributed by atoms with Gasteiger partial charge < -0.3 is 5.32 Å². The third kappa shape index (κ3) is 4.16. The molecular weight excluding hydrogens is 356 g/mol. The van der Waals surface area contributed by atoms with Crippen molar-refractivity contribution in [2.45, 2.75) is 11.8 Å². The first-order valence-corrected chi connectivity index (χ1v) is 8.92. The lowest BCUT2D eigenvalue weighted by Gasteiger charge is -2.08. The van der Waals surface area contributed by atoms with Crippen LogP contribution in [0.15, 0.2) is 60.0 Å². The Bertz CT molecular complexity index is 1020. The Morgan fingerprint density at radius 3 is 2.42 bits per heavy atom. The van der Waals surface area contributed by atoms with Crippen molar-refractivity contribution in [3.8, 4) is 0 Å². The first-order valence-electron chi connectivity index (χ1n) is 7.44. The van der Waals surface area contributed by atoms with Crippen LogP contribution in [-0.2, 0) is 10.0 Å². The van der Waals surface area contributed by atoms with Crippen LogP contribution in [0, 0.1) is 6.92 Å². The Balaban J connectivity index is 1.73. The predicted octanol–water partition coefficient (Wildman–Crippen LogP) is 1.63. The minimum atomic E-state index is -3.84. The maximum atomic E-state index is 12.4. The van der Waals surface area contributed by atoms with E-state index in [0.29, 0.717) is 11.4 Å². The molecule has 3 aromatic rings. The van der Waals surface area contributed by atoms with Crippen molar-refractivity contribution in [3.05, 3.63) is 66.5 Å². The summed E-state index contributed by atoms with van der Waals surface area (Å²) in [6.07, 6.45) is 5.66. The first kappa shape index (κ1) is 17.4. The maximum absolute atomic E-state index is 12.4. The zero-order chi connectivity index (χ0) is 18.6. The van der Waals surface area contributed by atoms with Gasteiger partial charge in [-0.1, -0.05) is 0 Å². The average molecular weight is 370 g/mol. The third-order valence-electron chi connectivity index (χ3n) is 3.24. The summed E-state index contributed by atoms with van der Waals surface area (Å²) >= 11 is 0. The van der Waals surface area contributed by atoms with Gasteiger partial charge in [-0.25, -0.2) is 28.1 Å². The number of nitrogens with one attached hydrogen (secondary N) is 2. The van der Waals surface area contributed by atoms with Crippen molar-refractivity contribution < 1.29 is 13.2 Å². The van der Waals surface area contributed by atoms with E-state index in [1.165, 1.54) is 49.1 Å². The normalized spacial score (nSPS) is 11.0. The fraction of sp³-hybridized carbons (Fsp3) is 0.0625. The number of rotatable bonds is 5. The second kappa shape index (κ2) is 7.23. The monoisotopic (exact) mass is 370 g/mol. The number of hydrogen-bond acceptors (Lipinski definition) is 7. The molecule has 0 saturated heterocycles. The molecule has 0 aliphatic rings. The molecule has 0 saturated carbocycles. The van der Waals surface area contributed by atoms with Gasteiger partial charge in [0.1, 0.15) is 5.69 Å². The topological polar surface area (TPSA) is 127 Å². The number of nitrogens with zero attached hydrogens (tertiary/aromatic N) is 4. The van der Waals surface area contributed by atoms with Gasteiger partial charge in [-0.05, 0) is 37.3 Å². The quantitative estimate of drug-likeness (QED) is 0.699. The van der Waals surface area contributed by atoms with Gasteiger partial charge in [0, 0.05) is 30.0 Å². The lowest BCUT2D eigenvalue weighted by molar-refractivity contribution is 0.102. The molecule has 2 N–H and O–H groups in total. The fourth-order valence-electron chi connectivity index (χ4n) is 2.01. The molecule has 0 aliphatic carbocycles. The molecular formula is C16H14N6O3S. The van der Waals surface area contributed by atoms with Gasteiger partial charge in [0.25, 0.3) is 15.9 Å².